The summed E-state index contributed by atoms with van der Waals surface area (Å²) in [5.74, 6) is -5.29. The number of halogens is 4. The third-order valence-electron chi connectivity index (χ3n) is 0.538. The lowest BCUT2D eigenvalue weighted by Gasteiger charge is -1.84. The Labute approximate surface area is 52.1 Å². The van der Waals surface area contributed by atoms with Crippen molar-refractivity contribution in [3.05, 3.63) is 11.7 Å². The average Bonchev–Trinajstić information content (AvgIpc) is 1.84. The van der Waals surface area contributed by atoms with Crippen molar-refractivity contribution in [1.29, 1.82) is 0 Å². The first-order chi connectivity index (χ1) is 4.46. The SMILES string of the molecule is O=C(F)/C(F)=C(/F)C(=O)F. The van der Waals surface area contributed by atoms with E-state index in [0.29, 0.717) is 0 Å². The van der Waals surface area contributed by atoms with Gasteiger partial charge in [0.05, 0.1) is 0 Å². The Hall–Kier alpha value is -1.20. The molecule has 0 aromatic carbocycles. The van der Waals surface area contributed by atoms with Crippen molar-refractivity contribution in [2.75, 3.05) is 0 Å². The predicted octanol–water partition coefficient (Wildman–Crippen LogP) is 1.13. The number of hydrogen-bond donors (Lipinski definition) is 0. The van der Waals surface area contributed by atoms with E-state index in [1.54, 1.807) is 0 Å². The summed E-state index contributed by atoms with van der Waals surface area (Å²) in [6.07, 6.45) is 0. The van der Waals surface area contributed by atoms with Crippen LogP contribution in [0.15, 0.2) is 11.7 Å². The number of carbonyl (C=O) groups is 2. The molecule has 0 rings (SSSR count). The second-order valence-electron chi connectivity index (χ2n) is 1.18. The van der Waals surface area contributed by atoms with Crippen molar-refractivity contribution in [2.45, 2.75) is 0 Å². The second-order valence-corrected chi connectivity index (χ2v) is 1.18. The summed E-state index contributed by atoms with van der Waals surface area (Å²) in [6.45, 7) is 0. The second kappa shape index (κ2) is 3.09. The molecule has 0 N–H and O–H groups in total. The Balaban J connectivity index is 4.67. The molecule has 0 aromatic heterocycles. The van der Waals surface area contributed by atoms with Gasteiger partial charge in [-0.2, -0.15) is 17.6 Å². The fourth-order valence-corrected chi connectivity index (χ4v) is 0.173. The summed E-state index contributed by atoms with van der Waals surface area (Å²) < 4.78 is 45.1. The Morgan fingerprint density at radius 3 is 1.00 bits per heavy atom. The number of hydrogen-bond acceptors (Lipinski definition) is 2. The van der Waals surface area contributed by atoms with E-state index in [2.05, 4.69) is 0 Å². The molecule has 0 heterocycles. The summed E-state index contributed by atoms with van der Waals surface area (Å²) in [4.78, 5) is 18.5. The number of carbonyl (C=O) groups excluding carboxylic acids is 2. The average molecular weight is 156 g/mol. The van der Waals surface area contributed by atoms with E-state index in [9.17, 15) is 27.2 Å². The Morgan fingerprint density at radius 1 is 0.700 bits per heavy atom. The highest BCUT2D eigenvalue weighted by molar-refractivity contribution is 5.96. The minimum Gasteiger partial charge on any atom is -0.252 e. The minimum atomic E-state index is -2.82. The number of allylic oxidation sites excluding steroid dienone is 2. The molecule has 0 amide bonds. The number of rotatable bonds is 2. The molecule has 0 aliphatic heterocycles. The molecule has 0 unspecified atom stereocenters. The van der Waals surface area contributed by atoms with Crippen LogP contribution in [0.25, 0.3) is 0 Å². The zero-order chi connectivity index (χ0) is 8.31. The molecule has 0 radical (unpaired) electrons. The van der Waals surface area contributed by atoms with E-state index in [1.807, 2.05) is 0 Å². The van der Waals surface area contributed by atoms with Gasteiger partial charge in [0, 0.05) is 0 Å². The molecule has 0 saturated heterocycles. The zero-order valence-electron chi connectivity index (χ0n) is 4.33. The molecule has 0 aromatic rings. The maximum absolute atomic E-state index is 11.5. The zero-order valence-corrected chi connectivity index (χ0v) is 4.33. The van der Waals surface area contributed by atoms with Gasteiger partial charge in [0.25, 0.3) is 0 Å². The van der Waals surface area contributed by atoms with Gasteiger partial charge in [0.1, 0.15) is 0 Å². The topological polar surface area (TPSA) is 34.1 Å². The smallest absolute Gasteiger partial charge is 0.252 e. The quantitative estimate of drug-likeness (QED) is 0.341. The van der Waals surface area contributed by atoms with Gasteiger partial charge in [-0.05, 0) is 0 Å². The van der Waals surface area contributed by atoms with Crippen LogP contribution >= 0.6 is 0 Å². The lowest BCUT2D eigenvalue weighted by atomic mass is 10.4. The van der Waals surface area contributed by atoms with E-state index < -0.39 is 23.7 Å². The summed E-state index contributed by atoms with van der Waals surface area (Å²) in [5, 5.41) is 0. The van der Waals surface area contributed by atoms with E-state index in [0.717, 1.165) is 0 Å². The fourth-order valence-electron chi connectivity index (χ4n) is 0.173. The van der Waals surface area contributed by atoms with Crippen LogP contribution in [0.1, 0.15) is 0 Å². The normalized spacial score (nSPS) is 12.4. The third-order valence-corrected chi connectivity index (χ3v) is 0.538. The summed E-state index contributed by atoms with van der Waals surface area (Å²) >= 11 is 0. The predicted molar refractivity (Wildman–Crippen MR) is 21.5 cm³/mol. The van der Waals surface area contributed by atoms with Crippen molar-refractivity contribution in [1.82, 2.24) is 0 Å². The van der Waals surface area contributed by atoms with Gasteiger partial charge in [0.2, 0.25) is 11.7 Å². The van der Waals surface area contributed by atoms with Crippen molar-refractivity contribution < 1.29 is 27.2 Å². The van der Waals surface area contributed by atoms with Crippen LogP contribution in [0.3, 0.4) is 0 Å². The Bertz CT molecular complexity index is 185. The van der Waals surface area contributed by atoms with Crippen molar-refractivity contribution in [3.63, 3.8) is 0 Å². The van der Waals surface area contributed by atoms with Crippen molar-refractivity contribution in [3.8, 4) is 0 Å². The first-order valence-corrected chi connectivity index (χ1v) is 1.91. The van der Waals surface area contributed by atoms with E-state index in [4.69, 9.17) is 0 Å². The Kier molecular flexibility index (Phi) is 2.72. The molecule has 0 aliphatic rings. The first kappa shape index (κ1) is 8.80. The van der Waals surface area contributed by atoms with Gasteiger partial charge < -0.3 is 0 Å². The van der Waals surface area contributed by atoms with Gasteiger partial charge in [-0.25, -0.2) is 0 Å². The monoisotopic (exact) mass is 156 g/mol. The summed E-state index contributed by atoms with van der Waals surface area (Å²) in [7, 11) is 0. The molecular formula is C4F4O2. The maximum atomic E-state index is 11.5. The molecule has 0 bridgehead atoms. The van der Waals surface area contributed by atoms with Crippen LogP contribution in [0.2, 0.25) is 0 Å². The van der Waals surface area contributed by atoms with Crippen molar-refractivity contribution >= 4 is 12.1 Å². The summed E-state index contributed by atoms with van der Waals surface area (Å²) in [6, 6.07) is -5.63. The molecule has 0 saturated carbocycles. The highest BCUT2D eigenvalue weighted by Gasteiger charge is 2.20. The van der Waals surface area contributed by atoms with Crippen LogP contribution in [0.4, 0.5) is 17.6 Å². The molecule has 0 fully saturated rings. The standard InChI is InChI=1S/C4F4O2/c5-1(3(7)9)2(6)4(8)10/b2-1-. The first-order valence-electron chi connectivity index (χ1n) is 1.91. The largest absolute Gasteiger partial charge is 0.363 e. The molecule has 6 heteroatoms. The minimum absolute atomic E-state index is 2.65. The molecule has 56 valence electrons. The Morgan fingerprint density at radius 2 is 0.900 bits per heavy atom. The van der Waals surface area contributed by atoms with Crippen LogP contribution < -0.4 is 0 Å². The molecule has 10 heavy (non-hydrogen) atoms. The molecular weight excluding hydrogens is 156 g/mol. The fraction of sp³-hybridized carbons (Fsp3) is 0. The van der Waals surface area contributed by atoms with Crippen LogP contribution in [0, 0.1) is 0 Å². The van der Waals surface area contributed by atoms with Gasteiger partial charge in [0.15, 0.2) is 0 Å². The summed E-state index contributed by atoms with van der Waals surface area (Å²) in [5.41, 5.74) is 0. The van der Waals surface area contributed by atoms with E-state index in [-0.39, 0.29) is 0 Å². The highest BCUT2D eigenvalue weighted by Crippen LogP contribution is 2.10. The molecule has 0 aliphatic carbocycles. The maximum Gasteiger partial charge on any atom is 0.363 e. The highest BCUT2D eigenvalue weighted by atomic mass is 19.2. The molecule has 0 spiro atoms. The molecule has 0 atom stereocenters. The van der Waals surface area contributed by atoms with E-state index in [1.165, 1.54) is 0 Å². The van der Waals surface area contributed by atoms with Crippen LogP contribution in [0.5, 0.6) is 0 Å². The van der Waals surface area contributed by atoms with Crippen LogP contribution in [-0.2, 0) is 9.59 Å². The van der Waals surface area contributed by atoms with Gasteiger partial charge in [-0.3, -0.25) is 9.59 Å². The van der Waals surface area contributed by atoms with Crippen molar-refractivity contribution in [2.24, 2.45) is 0 Å². The van der Waals surface area contributed by atoms with Gasteiger partial charge >= 0.3 is 12.1 Å². The van der Waals surface area contributed by atoms with E-state index >= 15 is 0 Å². The molecule has 2 nitrogen and oxygen atoms in total. The van der Waals surface area contributed by atoms with Crippen LogP contribution in [-0.4, -0.2) is 12.1 Å². The lowest BCUT2D eigenvalue weighted by Crippen LogP contribution is -1.97. The van der Waals surface area contributed by atoms with Gasteiger partial charge in [-0.15, -0.1) is 0 Å². The lowest BCUT2D eigenvalue weighted by molar-refractivity contribution is -0.130. The third kappa shape index (κ3) is 1.96. The van der Waals surface area contributed by atoms with Gasteiger partial charge in [-0.1, -0.05) is 0 Å².